The smallest absolute Gasteiger partial charge is 0.323 e. The summed E-state index contributed by atoms with van der Waals surface area (Å²) in [7, 11) is 0. The highest BCUT2D eigenvalue weighted by molar-refractivity contribution is 6.10. The van der Waals surface area contributed by atoms with Gasteiger partial charge in [-0.05, 0) is 42.5 Å². The van der Waals surface area contributed by atoms with Crippen LogP contribution in [0.4, 0.5) is 33.2 Å². The third-order valence-electron chi connectivity index (χ3n) is 5.07. The number of fused-ring (bicyclic) bond motifs is 1. The molecule has 1 aliphatic heterocycles. The molecule has 3 aromatic carbocycles. The van der Waals surface area contributed by atoms with E-state index >= 15 is 0 Å². The van der Waals surface area contributed by atoms with Gasteiger partial charge in [-0.1, -0.05) is 36.4 Å². The standard InChI is InChI=1S/C25H23N5O4/c31-22(13-14-24(33)30-16-23(32)29-20-11-4-5-12-21(20)30)26-18-9-6-10-19(15-18)28-25(34)27-17-7-2-1-3-8-17/h1-12,15H,13-14,16H2,(H,26,31)(H,29,32)(H2,27,28,34). The van der Waals surface area contributed by atoms with Crippen LogP contribution < -0.4 is 26.2 Å². The van der Waals surface area contributed by atoms with Gasteiger partial charge in [0.05, 0.1) is 11.4 Å². The average molecular weight is 457 g/mol. The van der Waals surface area contributed by atoms with Gasteiger partial charge >= 0.3 is 6.03 Å². The SMILES string of the molecule is O=C(CCC(=O)N1CC(=O)Nc2ccccc21)Nc1cccc(NC(=O)Nc2ccccc2)c1. The summed E-state index contributed by atoms with van der Waals surface area (Å²) in [6, 6.07) is 22.3. The summed E-state index contributed by atoms with van der Waals surface area (Å²) in [4.78, 5) is 50.6. The van der Waals surface area contributed by atoms with Crippen molar-refractivity contribution in [3.05, 3.63) is 78.9 Å². The predicted molar refractivity (Wildman–Crippen MR) is 131 cm³/mol. The Bertz CT molecular complexity index is 1230. The number of urea groups is 1. The molecule has 3 aromatic rings. The molecule has 4 N–H and O–H groups in total. The van der Waals surface area contributed by atoms with Crippen molar-refractivity contribution in [2.75, 3.05) is 32.7 Å². The van der Waals surface area contributed by atoms with Gasteiger partial charge in [-0.25, -0.2) is 4.79 Å². The molecule has 0 saturated heterocycles. The van der Waals surface area contributed by atoms with Gasteiger partial charge in [-0.2, -0.15) is 0 Å². The average Bonchev–Trinajstić information content (AvgIpc) is 2.82. The first-order valence-corrected chi connectivity index (χ1v) is 10.7. The van der Waals surface area contributed by atoms with Crippen molar-refractivity contribution in [3.63, 3.8) is 0 Å². The number of hydrogen-bond acceptors (Lipinski definition) is 4. The molecule has 1 heterocycles. The molecule has 0 saturated carbocycles. The lowest BCUT2D eigenvalue weighted by Gasteiger charge is -2.29. The van der Waals surface area contributed by atoms with E-state index < -0.39 is 6.03 Å². The molecule has 9 nitrogen and oxygen atoms in total. The maximum atomic E-state index is 12.7. The Morgan fingerprint density at radius 2 is 1.41 bits per heavy atom. The van der Waals surface area contributed by atoms with Gasteiger partial charge < -0.3 is 26.2 Å². The van der Waals surface area contributed by atoms with Crippen molar-refractivity contribution in [2.24, 2.45) is 0 Å². The van der Waals surface area contributed by atoms with Gasteiger partial charge in [0, 0.05) is 29.9 Å². The Morgan fingerprint density at radius 3 is 2.21 bits per heavy atom. The van der Waals surface area contributed by atoms with E-state index in [0.717, 1.165) is 0 Å². The molecule has 0 spiro atoms. The van der Waals surface area contributed by atoms with Crippen molar-refractivity contribution in [2.45, 2.75) is 12.8 Å². The molecule has 1 aliphatic rings. The molecule has 172 valence electrons. The third-order valence-corrected chi connectivity index (χ3v) is 5.07. The van der Waals surface area contributed by atoms with Crippen LogP contribution in [0.3, 0.4) is 0 Å². The molecule has 4 rings (SSSR count). The number of anilines is 5. The Balaban J connectivity index is 1.30. The summed E-state index contributed by atoms with van der Waals surface area (Å²) >= 11 is 0. The molecule has 34 heavy (non-hydrogen) atoms. The van der Waals surface area contributed by atoms with Gasteiger partial charge in [0.25, 0.3) is 0 Å². The largest absolute Gasteiger partial charge is 0.326 e. The van der Waals surface area contributed by atoms with E-state index in [0.29, 0.717) is 28.4 Å². The highest BCUT2D eigenvalue weighted by Gasteiger charge is 2.26. The van der Waals surface area contributed by atoms with Crippen LogP contribution in [-0.4, -0.2) is 30.3 Å². The topological polar surface area (TPSA) is 120 Å². The van der Waals surface area contributed by atoms with Crippen LogP contribution in [0.2, 0.25) is 0 Å². The van der Waals surface area contributed by atoms with E-state index in [2.05, 4.69) is 21.3 Å². The second-order valence-corrected chi connectivity index (χ2v) is 7.62. The zero-order valence-corrected chi connectivity index (χ0v) is 18.2. The number of benzene rings is 3. The van der Waals surface area contributed by atoms with E-state index in [1.54, 1.807) is 60.7 Å². The van der Waals surface area contributed by atoms with Crippen molar-refractivity contribution in [3.8, 4) is 0 Å². The summed E-state index contributed by atoms with van der Waals surface area (Å²) < 4.78 is 0. The van der Waals surface area contributed by atoms with Crippen LogP contribution in [0.5, 0.6) is 0 Å². The van der Waals surface area contributed by atoms with Crippen LogP contribution in [0, 0.1) is 0 Å². The zero-order valence-electron chi connectivity index (χ0n) is 18.2. The predicted octanol–water partition coefficient (Wildman–Crippen LogP) is 4.03. The van der Waals surface area contributed by atoms with E-state index in [9.17, 15) is 19.2 Å². The summed E-state index contributed by atoms with van der Waals surface area (Å²) in [5.74, 6) is -0.948. The number of carbonyl (C=O) groups excluding carboxylic acids is 4. The Kier molecular flexibility index (Phi) is 6.83. The maximum absolute atomic E-state index is 12.7. The minimum Gasteiger partial charge on any atom is -0.326 e. The van der Waals surface area contributed by atoms with Gasteiger partial charge in [-0.15, -0.1) is 0 Å². The highest BCUT2D eigenvalue weighted by atomic mass is 16.2. The fraction of sp³-hybridized carbons (Fsp3) is 0.120. The molecule has 9 heteroatoms. The van der Waals surface area contributed by atoms with Crippen molar-refractivity contribution in [1.82, 2.24) is 0 Å². The second-order valence-electron chi connectivity index (χ2n) is 7.62. The fourth-order valence-electron chi connectivity index (χ4n) is 3.52. The normalized spacial score (nSPS) is 12.2. The van der Waals surface area contributed by atoms with Crippen molar-refractivity contribution >= 4 is 52.2 Å². The van der Waals surface area contributed by atoms with Gasteiger partial charge in [0.1, 0.15) is 6.54 Å². The number of nitrogens with one attached hydrogen (secondary N) is 4. The number of nitrogens with zero attached hydrogens (tertiary/aromatic N) is 1. The van der Waals surface area contributed by atoms with Crippen molar-refractivity contribution in [1.29, 1.82) is 0 Å². The number of amides is 5. The molecule has 0 fully saturated rings. The molecule has 0 bridgehead atoms. The third kappa shape index (κ3) is 5.77. The first-order valence-electron chi connectivity index (χ1n) is 10.7. The first kappa shape index (κ1) is 22.5. The minimum absolute atomic E-state index is 0.0503. The van der Waals surface area contributed by atoms with Gasteiger partial charge in [-0.3, -0.25) is 14.4 Å². The van der Waals surface area contributed by atoms with Crippen LogP contribution in [0.1, 0.15) is 12.8 Å². The summed E-state index contributed by atoms with van der Waals surface area (Å²) in [6.45, 7) is -0.0871. The molecule has 0 aromatic heterocycles. The van der Waals surface area contributed by atoms with E-state index in [4.69, 9.17) is 0 Å². The van der Waals surface area contributed by atoms with Crippen LogP contribution in [0.25, 0.3) is 0 Å². The lowest BCUT2D eigenvalue weighted by molar-refractivity contribution is -0.124. The van der Waals surface area contributed by atoms with E-state index in [1.807, 2.05) is 18.2 Å². The molecular formula is C25H23N5O4. The summed E-state index contributed by atoms with van der Waals surface area (Å²) in [6.07, 6.45) is -0.101. The van der Waals surface area contributed by atoms with Crippen LogP contribution in [0.15, 0.2) is 78.9 Å². The molecular weight excluding hydrogens is 434 g/mol. The number of rotatable bonds is 6. The Hall–Kier alpha value is -4.66. The molecule has 5 amide bonds. The summed E-state index contributed by atoms with van der Waals surface area (Å²) in [5.41, 5.74) is 2.82. The lowest BCUT2D eigenvalue weighted by Crippen LogP contribution is -2.42. The molecule has 0 aliphatic carbocycles. The lowest BCUT2D eigenvalue weighted by atomic mass is 10.1. The first-order chi connectivity index (χ1) is 16.5. The fourth-order valence-corrected chi connectivity index (χ4v) is 3.52. The molecule has 0 unspecified atom stereocenters. The second kappa shape index (κ2) is 10.3. The van der Waals surface area contributed by atoms with Crippen LogP contribution in [-0.2, 0) is 14.4 Å². The molecule has 0 radical (unpaired) electrons. The van der Waals surface area contributed by atoms with Crippen LogP contribution >= 0.6 is 0 Å². The number of carbonyl (C=O) groups is 4. The summed E-state index contributed by atoms with van der Waals surface area (Å²) in [5, 5.41) is 10.9. The Morgan fingerprint density at radius 1 is 0.765 bits per heavy atom. The van der Waals surface area contributed by atoms with Gasteiger partial charge in [0.2, 0.25) is 17.7 Å². The number of para-hydroxylation sites is 3. The highest BCUT2D eigenvalue weighted by Crippen LogP contribution is 2.29. The maximum Gasteiger partial charge on any atom is 0.323 e. The van der Waals surface area contributed by atoms with Gasteiger partial charge in [0.15, 0.2) is 0 Å². The van der Waals surface area contributed by atoms with E-state index in [1.165, 1.54) is 4.90 Å². The minimum atomic E-state index is -0.411. The monoisotopic (exact) mass is 457 g/mol. The zero-order chi connectivity index (χ0) is 23.9. The Labute approximate surface area is 196 Å². The molecule has 0 atom stereocenters. The quantitative estimate of drug-likeness (QED) is 0.447. The van der Waals surface area contributed by atoms with Crippen molar-refractivity contribution < 1.29 is 19.2 Å². The van der Waals surface area contributed by atoms with E-state index in [-0.39, 0.29) is 37.1 Å². The number of hydrogen-bond donors (Lipinski definition) is 4.